The molecule has 3 aromatic rings. The number of carbonyl (C=O) groups excluding carboxylic acids is 1. The van der Waals surface area contributed by atoms with Crippen molar-refractivity contribution in [3.8, 4) is 17.0 Å². The van der Waals surface area contributed by atoms with Gasteiger partial charge in [-0.15, -0.1) is 0 Å². The highest BCUT2D eigenvalue weighted by molar-refractivity contribution is 6.00. The molecule has 0 spiro atoms. The first kappa shape index (κ1) is 22.1. The molecular formula is C24H27FN6O3. The van der Waals surface area contributed by atoms with Crippen molar-refractivity contribution in [3.63, 3.8) is 0 Å². The van der Waals surface area contributed by atoms with E-state index in [0.717, 1.165) is 30.5 Å². The van der Waals surface area contributed by atoms with Gasteiger partial charge in [0, 0.05) is 48.6 Å². The number of hydrogen-bond donors (Lipinski definition) is 4. The first-order valence-electron chi connectivity index (χ1n) is 11.3. The third-order valence-corrected chi connectivity index (χ3v) is 6.53. The highest BCUT2D eigenvalue weighted by atomic mass is 19.1. The molecule has 0 saturated heterocycles. The van der Waals surface area contributed by atoms with E-state index in [1.54, 1.807) is 25.4 Å². The zero-order chi connectivity index (χ0) is 23.8. The number of fused-ring (bicyclic) bond motifs is 2. The first-order valence-corrected chi connectivity index (χ1v) is 11.3. The van der Waals surface area contributed by atoms with Crippen molar-refractivity contribution in [2.24, 2.45) is 0 Å². The van der Waals surface area contributed by atoms with Crippen LogP contribution < -0.4 is 26.4 Å². The third kappa shape index (κ3) is 4.05. The summed E-state index contributed by atoms with van der Waals surface area (Å²) in [5, 5.41) is 10.1. The second-order valence-electron chi connectivity index (χ2n) is 8.66. The van der Waals surface area contributed by atoms with Crippen molar-refractivity contribution in [2.75, 3.05) is 36.6 Å². The molecule has 5 rings (SSSR count). The van der Waals surface area contributed by atoms with Gasteiger partial charge in [-0.25, -0.2) is 19.2 Å². The number of ether oxygens (including phenoxy) is 2. The van der Waals surface area contributed by atoms with Gasteiger partial charge in [-0.2, -0.15) is 0 Å². The lowest BCUT2D eigenvalue weighted by Crippen LogP contribution is -2.36. The normalized spacial score (nSPS) is 19.3. The molecule has 9 nitrogen and oxygen atoms in total. The maximum absolute atomic E-state index is 15.3. The molecule has 0 bridgehead atoms. The molecule has 3 heterocycles. The number of amides is 2. The molecule has 34 heavy (non-hydrogen) atoms. The topological polar surface area (TPSA) is 123 Å². The zero-order valence-corrected chi connectivity index (χ0v) is 19.1. The molecule has 1 aromatic carbocycles. The van der Waals surface area contributed by atoms with Crippen LogP contribution in [0.2, 0.25) is 0 Å². The van der Waals surface area contributed by atoms with E-state index in [-0.39, 0.29) is 23.9 Å². The van der Waals surface area contributed by atoms with Crippen LogP contribution in [0.25, 0.3) is 21.9 Å². The number of urea groups is 1. The number of nitrogens with zero attached hydrogens (tertiary/aromatic N) is 2. The number of nitrogens with one attached hydrogen (secondary N) is 3. The van der Waals surface area contributed by atoms with Gasteiger partial charge in [-0.3, -0.25) is 5.32 Å². The minimum atomic E-state index is -0.539. The molecule has 1 fully saturated rings. The van der Waals surface area contributed by atoms with Crippen LogP contribution >= 0.6 is 0 Å². The van der Waals surface area contributed by atoms with Crippen molar-refractivity contribution in [1.82, 2.24) is 15.3 Å². The van der Waals surface area contributed by atoms with Crippen LogP contribution in [0.3, 0.4) is 0 Å². The summed E-state index contributed by atoms with van der Waals surface area (Å²) >= 11 is 0. The summed E-state index contributed by atoms with van der Waals surface area (Å²) < 4.78 is 26.2. The van der Waals surface area contributed by atoms with E-state index in [0.29, 0.717) is 46.7 Å². The van der Waals surface area contributed by atoms with Crippen LogP contribution in [-0.2, 0) is 4.74 Å². The summed E-state index contributed by atoms with van der Waals surface area (Å²) in [4.78, 5) is 21.1. The lowest BCUT2D eigenvalue weighted by atomic mass is 9.97. The van der Waals surface area contributed by atoms with Crippen molar-refractivity contribution in [1.29, 1.82) is 0 Å². The number of rotatable bonds is 4. The predicted octanol–water partition coefficient (Wildman–Crippen LogP) is 3.82. The number of nitrogens with two attached hydrogens (primary N) is 1. The summed E-state index contributed by atoms with van der Waals surface area (Å²) in [6.07, 6.45) is 5.79. The molecule has 10 heteroatoms. The van der Waals surface area contributed by atoms with Gasteiger partial charge in [0.1, 0.15) is 18.1 Å². The Hall–Kier alpha value is -3.66. The first-order chi connectivity index (χ1) is 16.4. The van der Waals surface area contributed by atoms with E-state index in [2.05, 4.69) is 25.9 Å². The number of methoxy groups -OCH3 is 1. The number of anilines is 3. The molecule has 2 atom stereocenters. The lowest BCUT2D eigenvalue weighted by molar-refractivity contribution is 0.107. The highest BCUT2D eigenvalue weighted by Crippen LogP contribution is 2.39. The Labute approximate surface area is 196 Å². The number of hydrogen-bond acceptors (Lipinski definition) is 7. The number of halogens is 1. The smallest absolute Gasteiger partial charge is 0.320 e. The molecule has 5 N–H and O–H groups in total. The van der Waals surface area contributed by atoms with E-state index in [1.807, 2.05) is 6.92 Å². The predicted molar refractivity (Wildman–Crippen MR) is 129 cm³/mol. The fourth-order valence-electron chi connectivity index (χ4n) is 4.68. The monoisotopic (exact) mass is 466 g/mol. The van der Waals surface area contributed by atoms with E-state index in [9.17, 15) is 4.79 Å². The standard InChI is InChI=1S/C24H27FN6O3/c1-12-17(10-29-23-22(12)27-5-6-34-23)16-7-13-8-19(28-11-18(13)21(26)20(16)25)31-24(32)30-14-3-4-15(9-14)33-2/h7-8,10-11,14-15,27H,3-6,9,26H2,1-2H3,(H2,28,30,31,32). The number of carbonyl (C=O) groups is 1. The molecule has 1 aliphatic heterocycles. The van der Waals surface area contributed by atoms with Crippen LogP contribution in [0.5, 0.6) is 5.88 Å². The maximum Gasteiger partial charge on any atom is 0.320 e. The summed E-state index contributed by atoms with van der Waals surface area (Å²) in [5.74, 6) is 0.310. The molecule has 1 saturated carbocycles. The van der Waals surface area contributed by atoms with Crippen LogP contribution in [-0.4, -0.2) is 48.4 Å². The average molecular weight is 467 g/mol. The zero-order valence-electron chi connectivity index (χ0n) is 19.1. The van der Waals surface area contributed by atoms with Crippen molar-refractivity contribution in [3.05, 3.63) is 35.9 Å². The van der Waals surface area contributed by atoms with E-state index in [4.69, 9.17) is 15.2 Å². The van der Waals surface area contributed by atoms with E-state index < -0.39 is 5.82 Å². The van der Waals surface area contributed by atoms with Gasteiger partial charge in [0.15, 0.2) is 5.82 Å². The molecule has 2 amide bonds. The van der Waals surface area contributed by atoms with E-state index >= 15 is 4.39 Å². The van der Waals surface area contributed by atoms with Gasteiger partial charge in [0.2, 0.25) is 5.88 Å². The quantitative estimate of drug-likeness (QED) is 0.431. The molecule has 1 aliphatic carbocycles. The summed E-state index contributed by atoms with van der Waals surface area (Å²) in [6, 6.07) is 3.10. The van der Waals surface area contributed by atoms with Gasteiger partial charge in [-0.1, -0.05) is 0 Å². The third-order valence-electron chi connectivity index (χ3n) is 6.53. The van der Waals surface area contributed by atoms with Gasteiger partial charge in [0.05, 0.1) is 11.8 Å². The van der Waals surface area contributed by atoms with Gasteiger partial charge >= 0.3 is 6.03 Å². The lowest BCUT2D eigenvalue weighted by Gasteiger charge is -2.22. The minimum absolute atomic E-state index is 0.00565. The molecule has 178 valence electrons. The Balaban J connectivity index is 1.44. The second kappa shape index (κ2) is 8.94. The van der Waals surface area contributed by atoms with Crippen LogP contribution in [0.15, 0.2) is 24.5 Å². The maximum atomic E-state index is 15.3. The summed E-state index contributed by atoms with van der Waals surface area (Å²) in [6.45, 7) is 3.07. The van der Waals surface area contributed by atoms with Gasteiger partial charge in [0.25, 0.3) is 0 Å². The van der Waals surface area contributed by atoms with Crippen molar-refractivity contribution < 1.29 is 18.7 Å². The highest BCUT2D eigenvalue weighted by Gasteiger charge is 2.26. The fourth-order valence-corrected chi connectivity index (χ4v) is 4.68. The molecule has 2 aliphatic rings. The van der Waals surface area contributed by atoms with Crippen LogP contribution in [0.1, 0.15) is 24.8 Å². The summed E-state index contributed by atoms with van der Waals surface area (Å²) in [5.41, 5.74) is 8.64. The number of benzene rings is 1. The Morgan fingerprint density at radius 1 is 1.26 bits per heavy atom. The minimum Gasteiger partial charge on any atom is -0.474 e. The second-order valence-corrected chi connectivity index (χ2v) is 8.66. The fraction of sp³-hybridized carbons (Fsp3) is 0.375. The molecule has 0 radical (unpaired) electrons. The number of pyridine rings is 2. The van der Waals surface area contributed by atoms with E-state index in [1.165, 1.54) is 6.20 Å². The van der Waals surface area contributed by atoms with Gasteiger partial charge < -0.3 is 25.8 Å². The van der Waals surface area contributed by atoms with Crippen LogP contribution in [0, 0.1) is 12.7 Å². The molecular weight excluding hydrogens is 439 g/mol. The van der Waals surface area contributed by atoms with Crippen LogP contribution in [0.4, 0.5) is 26.4 Å². The SMILES string of the molecule is COC1CCC(NC(=O)Nc2cc3cc(-c4cnc5c(c4C)NCCO5)c(F)c(N)c3cn2)C1. The van der Waals surface area contributed by atoms with Crippen molar-refractivity contribution >= 4 is 34.0 Å². The molecule has 2 aromatic heterocycles. The van der Waals surface area contributed by atoms with Gasteiger partial charge in [-0.05, 0) is 49.3 Å². The van der Waals surface area contributed by atoms with Crippen molar-refractivity contribution in [2.45, 2.75) is 38.3 Å². The Morgan fingerprint density at radius 2 is 2.12 bits per heavy atom. The Kier molecular flexibility index (Phi) is 5.82. The number of nitrogen functional groups attached to an aromatic ring is 1. The molecule has 2 unspecified atom stereocenters. The average Bonchev–Trinajstić information content (AvgIpc) is 3.29. The Bertz CT molecular complexity index is 1270. The summed E-state index contributed by atoms with van der Waals surface area (Å²) in [7, 11) is 1.68. The Morgan fingerprint density at radius 3 is 2.91 bits per heavy atom. The number of aromatic nitrogens is 2. The largest absolute Gasteiger partial charge is 0.474 e.